The average Bonchev–Trinajstić information content (AvgIpc) is 2.46. The number of benzene rings is 1. The van der Waals surface area contributed by atoms with Gasteiger partial charge in [-0.3, -0.25) is 4.79 Å². The van der Waals surface area contributed by atoms with E-state index in [9.17, 15) is 18.0 Å². The van der Waals surface area contributed by atoms with Crippen LogP contribution in [-0.4, -0.2) is 18.6 Å². The van der Waals surface area contributed by atoms with E-state index < -0.39 is 17.8 Å². The second kappa shape index (κ2) is 6.69. The molecule has 0 spiro atoms. The van der Waals surface area contributed by atoms with E-state index in [1.54, 1.807) is 13.0 Å². The van der Waals surface area contributed by atoms with Crippen molar-refractivity contribution in [3.63, 3.8) is 0 Å². The molecule has 1 saturated heterocycles. The Balaban J connectivity index is 2.02. The molecule has 0 radical (unpaired) electrons. The number of ether oxygens (including phenoxy) is 1. The van der Waals surface area contributed by atoms with E-state index in [0.717, 1.165) is 12.1 Å². The minimum Gasteiger partial charge on any atom is -0.378 e. The van der Waals surface area contributed by atoms with Gasteiger partial charge in [0.05, 0.1) is 17.7 Å². The Morgan fingerprint density at radius 1 is 1.41 bits per heavy atom. The molecule has 0 unspecified atom stereocenters. The summed E-state index contributed by atoms with van der Waals surface area (Å²) in [5.41, 5.74) is -0.255. The summed E-state index contributed by atoms with van der Waals surface area (Å²) in [5.74, 6) is -0.267. The summed E-state index contributed by atoms with van der Waals surface area (Å²) >= 11 is 0. The summed E-state index contributed by atoms with van der Waals surface area (Å²) in [7, 11) is 0. The number of hydrogen-bond acceptors (Lipinski definition) is 2. The van der Waals surface area contributed by atoms with E-state index in [-0.39, 0.29) is 17.9 Å². The molecular formula is C16H20F3NO2. The number of hydrogen-bond donors (Lipinski definition) is 1. The van der Waals surface area contributed by atoms with Gasteiger partial charge in [-0.2, -0.15) is 13.2 Å². The Hall–Kier alpha value is -1.56. The molecule has 1 aromatic carbocycles. The normalized spacial score (nSPS) is 23.9. The molecule has 1 aliphatic heterocycles. The van der Waals surface area contributed by atoms with E-state index in [2.05, 4.69) is 5.32 Å². The minimum atomic E-state index is -4.38. The molecule has 3 nitrogen and oxygen atoms in total. The predicted octanol–water partition coefficient (Wildman–Crippen LogP) is 3.70. The Labute approximate surface area is 127 Å². The fourth-order valence-electron chi connectivity index (χ4n) is 2.64. The summed E-state index contributed by atoms with van der Waals surface area (Å²) in [4.78, 5) is 12.2. The molecule has 22 heavy (non-hydrogen) atoms. The first-order valence-corrected chi connectivity index (χ1v) is 7.36. The van der Waals surface area contributed by atoms with Gasteiger partial charge in [-0.1, -0.05) is 12.1 Å². The number of rotatable bonds is 3. The van der Waals surface area contributed by atoms with Crippen LogP contribution in [0.2, 0.25) is 0 Å². The molecule has 0 bridgehead atoms. The first-order valence-electron chi connectivity index (χ1n) is 7.36. The number of carbonyl (C=O) groups is 1. The molecule has 0 aliphatic carbocycles. The third-order valence-corrected chi connectivity index (χ3v) is 3.93. The van der Waals surface area contributed by atoms with E-state index >= 15 is 0 Å². The molecular weight excluding hydrogens is 295 g/mol. The standard InChI is InChI=1S/C16H20F3NO2/c1-10-8-13(6-7-22-10)15(21)20-11(2)12-4-3-5-14(9-12)16(17,18)19/h3-5,9-11,13H,6-8H2,1-2H3,(H,20,21)/t10-,11-,13-/m1/s1. The Bertz CT molecular complexity index is 530. The number of nitrogens with one attached hydrogen (secondary N) is 1. The molecule has 1 aromatic rings. The highest BCUT2D eigenvalue weighted by Crippen LogP contribution is 2.31. The zero-order valence-corrected chi connectivity index (χ0v) is 12.6. The molecule has 1 heterocycles. The Morgan fingerprint density at radius 3 is 2.77 bits per heavy atom. The highest BCUT2D eigenvalue weighted by Gasteiger charge is 2.31. The molecule has 1 N–H and O–H groups in total. The first kappa shape index (κ1) is 16.8. The van der Waals surface area contributed by atoms with Crippen LogP contribution in [0.25, 0.3) is 0 Å². The molecule has 1 amide bonds. The monoisotopic (exact) mass is 315 g/mol. The van der Waals surface area contributed by atoms with Crippen LogP contribution in [0, 0.1) is 5.92 Å². The number of amides is 1. The van der Waals surface area contributed by atoms with Crippen LogP contribution in [-0.2, 0) is 15.7 Å². The molecule has 6 heteroatoms. The van der Waals surface area contributed by atoms with Crippen molar-refractivity contribution in [3.8, 4) is 0 Å². The maximum absolute atomic E-state index is 12.7. The van der Waals surface area contributed by atoms with Crippen LogP contribution in [0.4, 0.5) is 13.2 Å². The summed E-state index contributed by atoms with van der Waals surface area (Å²) in [6.07, 6.45) is -3.06. The van der Waals surface area contributed by atoms with Crippen molar-refractivity contribution in [1.29, 1.82) is 0 Å². The molecule has 0 aromatic heterocycles. The van der Waals surface area contributed by atoms with Gasteiger partial charge in [0.2, 0.25) is 5.91 Å². The third kappa shape index (κ3) is 4.22. The SMILES string of the molecule is C[C@@H]1C[C@H](C(=O)N[C@H](C)c2cccc(C(F)(F)F)c2)CCO1. The van der Waals surface area contributed by atoms with Crippen molar-refractivity contribution < 1.29 is 22.7 Å². The number of halogens is 3. The quantitative estimate of drug-likeness (QED) is 0.923. The van der Waals surface area contributed by atoms with Crippen LogP contribution < -0.4 is 5.32 Å². The van der Waals surface area contributed by atoms with Crippen molar-refractivity contribution in [3.05, 3.63) is 35.4 Å². The molecule has 122 valence electrons. The fraction of sp³-hybridized carbons (Fsp3) is 0.562. The van der Waals surface area contributed by atoms with E-state index in [1.807, 2.05) is 6.92 Å². The average molecular weight is 315 g/mol. The lowest BCUT2D eigenvalue weighted by Gasteiger charge is -2.27. The van der Waals surface area contributed by atoms with Crippen LogP contribution in [0.5, 0.6) is 0 Å². The van der Waals surface area contributed by atoms with Crippen molar-refractivity contribution in [2.24, 2.45) is 5.92 Å². The second-order valence-corrected chi connectivity index (χ2v) is 5.76. The molecule has 0 saturated carbocycles. The Kier molecular flexibility index (Phi) is 5.11. The van der Waals surface area contributed by atoms with Gasteiger partial charge in [-0.25, -0.2) is 0 Å². The highest BCUT2D eigenvalue weighted by atomic mass is 19.4. The zero-order valence-electron chi connectivity index (χ0n) is 12.6. The second-order valence-electron chi connectivity index (χ2n) is 5.76. The van der Waals surface area contributed by atoms with Crippen molar-refractivity contribution in [1.82, 2.24) is 5.32 Å². The van der Waals surface area contributed by atoms with Gasteiger partial charge in [-0.15, -0.1) is 0 Å². The van der Waals surface area contributed by atoms with E-state index in [4.69, 9.17) is 4.74 Å². The third-order valence-electron chi connectivity index (χ3n) is 3.93. The zero-order chi connectivity index (χ0) is 16.3. The van der Waals surface area contributed by atoms with Gasteiger partial charge >= 0.3 is 6.18 Å². The summed E-state index contributed by atoms with van der Waals surface area (Å²) < 4.78 is 43.6. The molecule has 1 aliphatic rings. The lowest BCUT2D eigenvalue weighted by atomic mass is 9.94. The smallest absolute Gasteiger partial charge is 0.378 e. The van der Waals surface area contributed by atoms with Crippen LogP contribution in [0.1, 0.15) is 43.9 Å². The topological polar surface area (TPSA) is 38.3 Å². The molecule has 2 rings (SSSR count). The van der Waals surface area contributed by atoms with Gasteiger partial charge in [-0.05, 0) is 44.4 Å². The van der Waals surface area contributed by atoms with Crippen LogP contribution in [0.3, 0.4) is 0 Å². The summed E-state index contributed by atoms with van der Waals surface area (Å²) in [6, 6.07) is 4.59. The van der Waals surface area contributed by atoms with E-state index in [0.29, 0.717) is 25.0 Å². The Morgan fingerprint density at radius 2 is 2.14 bits per heavy atom. The fourth-order valence-corrected chi connectivity index (χ4v) is 2.64. The van der Waals surface area contributed by atoms with Crippen molar-refractivity contribution in [2.75, 3.05) is 6.61 Å². The van der Waals surface area contributed by atoms with Gasteiger partial charge in [0.25, 0.3) is 0 Å². The maximum Gasteiger partial charge on any atom is 0.416 e. The molecule has 3 atom stereocenters. The van der Waals surface area contributed by atoms with Gasteiger partial charge < -0.3 is 10.1 Å². The largest absolute Gasteiger partial charge is 0.416 e. The van der Waals surface area contributed by atoms with Gasteiger partial charge in [0.1, 0.15) is 0 Å². The van der Waals surface area contributed by atoms with Crippen molar-refractivity contribution in [2.45, 2.75) is 45.0 Å². The van der Waals surface area contributed by atoms with Gasteiger partial charge in [0.15, 0.2) is 0 Å². The van der Waals surface area contributed by atoms with Crippen LogP contribution in [0.15, 0.2) is 24.3 Å². The van der Waals surface area contributed by atoms with Gasteiger partial charge in [0, 0.05) is 12.5 Å². The number of alkyl halides is 3. The lowest BCUT2D eigenvalue weighted by molar-refractivity contribution is -0.137. The van der Waals surface area contributed by atoms with Crippen LogP contribution >= 0.6 is 0 Å². The number of carbonyl (C=O) groups excluding carboxylic acids is 1. The highest BCUT2D eigenvalue weighted by molar-refractivity contribution is 5.79. The lowest BCUT2D eigenvalue weighted by Crippen LogP contribution is -2.37. The predicted molar refractivity (Wildman–Crippen MR) is 76.1 cm³/mol. The van der Waals surface area contributed by atoms with Crippen molar-refractivity contribution >= 4 is 5.91 Å². The summed E-state index contributed by atoms with van der Waals surface area (Å²) in [6.45, 7) is 4.14. The summed E-state index contributed by atoms with van der Waals surface area (Å²) in [5, 5.41) is 2.80. The maximum atomic E-state index is 12.7. The minimum absolute atomic E-state index is 0.0355. The first-order chi connectivity index (χ1) is 10.3. The van der Waals surface area contributed by atoms with E-state index in [1.165, 1.54) is 6.07 Å². The molecule has 1 fully saturated rings.